The third-order valence-electron chi connectivity index (χ3n) is 4.62. The minimum absolute atomic E-state index is 0.120. The molecule has 1 heterocycles. The van der Waals surface area contributed by atoms with Crippen molar-refractivity contribution in [2.75, 3.05) is 33.3 Å². The molecule has 148 valence electrons. The SMILES string of the molecule is C=C1C=C(OC2CCN(CCNC(=O)CCC)CC2)C(OC)=C/C1=N/C=N. The number of methoxy groups -OCH3 is 1. The number of hydrogen-bond donors (Lipinski definition) is 2. The van der Waals surface area contributed by atoms with Crippen molar-refractivity contribution in [3.8, 4) is 0 Å². The van der Waals surface area contributed by atoms with Gasteiger partial charge in [0, 0.05) is 38.7 Å². The van der Waals surface area contributed by atoms with Crippen LogP contribution < -0.4 is 5.32 Å². The maximum Gasteiger partial charge on any atom is 0.220 e. The first-order valence-corrected chi connectivity index (χ1v) is 9.46. The molecule has 1 amide bonds. The number of nitrogens with one attached hydrogen (secondary N) is 2. The van der Waals surface area contributed by atoms with Crippen LogP contribution in [0, 0.1) is 5.41 Å². The van der Waals surface area contributed by atoms with E-state index >= 15 is 0 Å². The molecule has 2 rings (SSSR count). The van der Waals surface area contributed by atoms with Crippen molar-refractivity contribution in [2.24, 2.45) is 4.99 Å². The summed E-state index contributed by atoms with van der Waals surface area (Å²) in [7, 11) is 1.59. The number of likely N-dealkylation sites (tertiary alicyclic amines) is 1. The van der Waals surface area contributed by atoms with Crippen LogP contribution in [-0.2, 0) is 14.3 Å². The lowest BCUT2D eigenvalue weighted by Gasteiger charge is -2.33. The lowest BCUT2D eigenvalue weighted by molar-refractivity contribution is -0.121. The molecule has 0 saturated carbocycles. The van der Waals surface area contributed by atoms with Crippen molar-refractivity contribution < 1.29 is 14.3 Å². The van der Waals surface area contributed by atoms with E-state index in [1.807, 2.05) is 13.0 Å². The van der Waals surface area contributed by atoms with Gasteiger partial charge in [0.15, 0.2) is 11.5 Å². The molecule has 2 aliphatic rings. The van der Waals surface area contributed by atoms with Gasteiger partial charge in [0.05, 0.1) is 12.8 Å². The Morgan fingerprint density at radius 3 is 2.78 bits per heavy atom. The third kappa shape index (κ3) is 6.36. The molecule has 27 heavy (non-hydrogen) atoms. The standard InChI is InChI=1S/C20H30N4O3/c1-4-5-20(25)22-8-11-24-9-6-16(7-10-24)27-19-12-15(2)17(23-14-21)13-18(19)26-3/h12-14,16,21H,2,4-11H2,1,3H3,(H,22,25)/b21-14?,23-17-. The summed E-state index contributed by atoms with van der Waals surface area (Å²) in [6.45, 7) is 9.42. The van der Waals surface area contributed by atoms with Gasteiger partial charge < -0.3 is 19.7 Å². The molecule has 1 saturated heterocycles. The minimum atomic E-state index is 0.120. The average molecular weight is 374 g/mol. The fourth-order valence-corrected chi connectivity index (χ4v) is 3.13. The zero-order chi connectivity index (χ0) is 19.6. The number of carbonyl (C=O) groups excluding carboxylic acids is 1. The van der Waals surface area contributed by atoms with E-state index in [0.717, 1.165) is 45.2 Å². The summed E-state index contributed by atoms with van der Waals surface area (Å²) < 4.78 is 11.6. The number of hydrogen-bond acceptors (Lipinski definition) is 5. The van der Waals surface area contributed by atoms with Crippen LogP contribution in [0.25, 0.3) is 0 Å². The topological polar surface area (TPSA) is 87.0 Å². The normalized spacial score (nSPS) is 20.1. The molecule has 0 aromatic heterocycles. The number of nitrogens with zero attached hydrogens (tertiary/aromatic N) is 2. The predicted octanol–water partition coefficient (Wildman–Crippen LogP) is 2.42. The summed E-state index contributed by atoms with van der Waals surface area (Å²) in [5.74, 6) is 1.39. The summed E-state index contributed by atoms with van der Waals surface area (Å²) in [6, 6.07) is 0. The molecular weight excluding hydrogens is 344 g/mol. The first kappa shape index (κ1) is 20.9. The molecule has 0 bridgehead atoms. The Balaban J connectivity index is 1.80. The monoisotopic (exact) mass is 374 g/mol. The number of carbonyl (C=O) groups is 1. The summed E-state index contributed by atoms with van der Waals surface area (Å²) in [6.07, 6.45) is 7.99. The Labute approximate surface area is 161 Å². The second-order valence-corrected chi connectivity index (χ2v) is 6.65. The van der Waals surface area contributed by atoms with Gasteiger partial charge in [-0.25, -0.2) is 4.99 Å². The zero-order valence-electron chi connectivity index (χ0n) is 16.3. The zero-order valence-corrected chi connectivity index (χ0v) is 16.3. The van der Waals surface area contributed by atoms with Gasteiger partial charge >= 0.3 is 0 Å². The molecule has 0 spiro atoms. The van der Waals surface area contributed by atoms with Gasteiger partial charge in [-0.3, -0.25) is 10.2 Å². The van der Waals surface area contributed by atoms with Gasteiger partial charge in [0.2, 0.25) is 5.91 Å². The lowest BCUT2D eigenvalue weighted by atomic mass is 10.0. The Morgan fingerprint density at radius 2 is 2.15 bits per heavy atom. The van der Waals surface area contributed by atoms with Crippen molar-refractivity contribution in [2.45, 2.75) is 38.7 Å². The van der Waals surface area contributed by atoms with E-state index < -0.39 is 0 Å². The highest BCUT2D eigenvalue weighted by atomic mass is 16.5. The molecule has 1 aliphatic heterocycles. The molecule has 1 aliphatic carbocycles. The van der Waals surface area contributed by atoms with Crippen LogP contribution in [-0.4, -0.2) is 62.3 Å². The predicted molar refractivity (Wildman–Crippen MR) is 107 cm³/mol. The van der Waals surface area contributed by atoms with Crippen LogP contribution in [0.1, 0.15) is 32.6 Å². The molecule has 0 aromatic rings. The number of piperidine rings is 1. The van der Waals surface area contributed by atoms with Crippen molar-refractivity contribution in [1.82, 2.24) is 10.2 Å². The highest BCUT2D eigenvalue weighted by molar-refractivity contribution is 6.14. The molecular formula is C20H30N4O3. The Morgan fingerprint density at radius 1 is 1.41 bits per heavy atom. The smallest absolute Gasteiger partial charge is 0.220 e. The first-order valence-electron chi connectivity index (χ1n) is 9.46. The van der Waals surface area contributed by atoms with Crippen LogP contribution in [0.3, 0.4) is 0 Å². The van der Waals surface area contributed by atoms with Gasteiger partial charge in [0.25, 0.3) is 0 Å². The summed E-state index contributed by atoms with van der Waals surface area (Å²) in [5.41, 5.74) is 1.31. The molecule has 0 radical (unpaired) electrons. The minimum Gasteiger partial charge on any atom is -0.493 e. The van der Waals surface area contributed by atoms with Crippen molar-refractivity contribution in [1.29, 1.82) is 5.41 Å². The maximum absolute atomic E-state index is 11.5. The van der Waals surface area contributed by atoms with E-state index in [2.05, 4.69) is 21.8 Å². The van der Waals surface area contributed by atoms with E-state index in [-0.39, 0.29) is 12.0 Å². The highest BCUT2D eigenvalue weighted by Gasteiger charge is 2.24. The average Bonchev–Trinajstić information content (AvgIpc) is 2.65. The molecule has 0 aromatic carbocycles. The van der Waals surface area contributed by atoms with E-state index in [9.17, 15) is 4.79 Å². The second-order valence-electron chi connectivity index (χ2n) is 6.65. The van der Waals surface area contributed by atoms with Gasteiger partial charge in [-0.15, -0.1) is 0 Å². The fraction of sp³-hybridized carbons (Fsp3) is 0.550. The Kier molecular flexibility index (Phi) is 8.26. The number of ether oxygens (including phenoxy) is 2. The Bertz CT molecular complexity index is 644. The van der Waals surface area contributed by atoms with Crippen molar-refractivity contribution >= 4 is 18.0 Å². The summed E-state index contributed by atoms with van der Waals surface area (Å²) in [4.78, 5) is 17.8. The fourth-order valence-electron chi connectivity index (χ4n) is 3.13. The molecule has 1 fully saturated rings. The summed E-state index contributed by atoms with van der Waals surface area (Å²) in [5, 5.41) is 10.1. The van der Waals surface area contributed by atoms with Gasteiger partial charge in [-0.1, -0.05) is 13.5 Å². The molecule has 7 nitrogen and oxygen atoms in total. The van der Waals surface area contributed by atoms with Crippen LogP contribution in [0.4, 0.5) is 0 Å². The second kappa shape index (κ2) is 10.7. The van der Waals surface area contributed by atoms with Crippen LogP contribution in [0.5, 0.6) is 0 Å². The van der Waals surface area contributed by atoms with E-state index in [1.54, 1.807) is 13.2 Å². The summed E-state index contributed by atoms with van der Waals surface area (Å²) >= 11 is 0. The van der Waals surface area contributed by atoms with Crippen LogP contribution >= 0.6 is 0 Å². The highest BCUT2D eigenvalue weighted by Crippen LogP contribution is 2.26. The quantitative estimate of drug-likeness (QED) is 0.479. The van der Waals surface area contributed by atoms with Gasteiger partial charge in [0.1, 0.15) is 12.4 Å². The van der Waals surface area contributed by atoms with Crippen molar-refractivity contribution in [3.05, 3.63) is 35.8 Å². The molecule has 0 unspecified atom stereocenters. The number of allylic oxidation sites excluding steroid dienone is 3. The first-order chi connectivity index (χ1) is 13.1. The van der Waals surface area contributed by atoms with E-state index in [0.29, 0.717) is 35.8 Å². The van der Waals surface area contributed by atoms with Gasteiger partial charge in [-0.05, 0) is 30.9 Å². The van der Waals surface area contributed by atoms with E-state index in [4.69, 9.17) is 14.9 Å². The molecule has 2 N–H and O–H groups in total. The number of amides is 1. The largest absolute Gasteiger partial charge is 0.493 e. The van der Waals surface area contributed by atoms with Crippen LogP contribution in [0.2, 0.25) is 0 Å². The van der Waals surface area contributed by atoms with E-state index in [1.165, 1.54) is 0 Å². The number of aliphatic imine (C=N–C) groups is 1. The maximum atomic E-state index is 11.5. The van der Waals surface area contributed by atoms with Gasteiger partial charge in [-0.2, -0.15) is 0 Å². The third-order valence-corrected chi connectivity index (χ3v) is 4.62. The van der Waals surface area contributed by atoms with Crippen LogP contribution in [0.15, 0.2) is 40.8 Å². The lowest BCUT2D eigenvalue weighted by Crippen LogP contribution is -2.41. The van der Waals surface area contributed by atoms with Crippen molar-refractivity contribution in [3.63, 3.8) is 0 Å². The molecule has 7 heteroatoms. The Hall–Kier alpha value is -2.41. The molecule has 0 atom stereocenters. The number of rotatable bonds is 9.